The van der Waals surface area contributed by atoms with Crippen molar-refractivity contribution in [2.75, 3.05) is 5.75 Å². The first-order valence-electron chi connectivity index (χ1n) is 7.43. The van der Waals surface area contributed by atoms with Crippen molar-refractivity contribution in [3.8, 4) is 0 Å². The molecule has 1 N–H and O–H groups in total. The highest BCUT2D eigenvalue weighted by molar-refractivity contribution is 7.91. The maximum absolute atomic E-state index is 12.5. The Labute approximate surface area is 131 Å². The number of nitrogens with zero attached hydrogens (tertiary/aromatic N) is 1. The van der Waals surface area contributed by atoms with E-state index in [0.717, 1.165) is 19.3 Å². The molecule has 1 heterocycles. The lowest BCUT2D eigenvalue weighted by Crippen LogP contribution is -2.13. The zero-order valence-electron chi connectivity index (χ0n) is 12.8. The molecule has 0 atom stereocenters. The zero-order chi connectivity index (χ0) is 16.3. The van der Waals surface area contributed by atoms with Crippen molar-refractivity contribution < 1.29 is 18.3 Å². The third-order valence-electron chi connectivity index (χ3n) is 3.51. The number of carboxylic acids is 1. The van der Waals surface area contributed by atoms with Crippen LogP contribution in [-0.2, 0) is 9.84 Å². The van der Waals surface area contributed by atoms with Crippen LogP contribution in [0.2, 0.25) is 0 Å². The van der Waals surface area contributed by atoms with E-state index in [-0.39, 0.29) is 22.4 Å². The zero-order valence-corrected chi connectivity index (χ0v) is 13.6. The SMILES string of the molecule is CC(C)CC=CCS(=O)(=O)c1nc(C(=O)O)ccc1C1CC1. The summed E-state index contributed by atoms with van der Waals surface area (Å²) in [5.41, 5.74) is 0.427. The summed E-state index contributed by atoms with van der Waals surface area (Å²) >= 11 is 0. The van der Waals surface area contributed by atoms with Crippen LogP contribution in [0.25, 0.3) is 0 Å². The Morgan fingerprint density at radius 1 is 1.36 bits per heavy atom. The Morgan fingerprint density at radius 3 is 2.59 bits per heavy atom. The molecule has 120 valence electrons. The van der Waals surface area contributed by atoms with Crippen molar-refractivity contribution >= 4 is 15.8 Å². The van der Waals surface area contributed by atoms with Crippen molar-refractivity contribution in [1.29, 1.82) is 0 Å². The van der Waals surface area contributed by atoms with Crippen LogP contribution in [0.4, 0.5) is 0 Å². The van der Waals surface area contributed by atoms with E-state index in [0.29, 0.717) is 11.5 Å². The summed E-state index contributed by atoms with van der Waals surface area (Å²) in [6.45, 7) is 4.11. The highest BCUT2D eigenvalue weighted by Gasteiger charge is 2.31. The Kier molecular flexibility index (Phi) is 5.01. The number of sulfone groups is 1. The van der Waals surface area contributed by atoms with Gasteiger partial charge >= 0.3 is 5.97 Å². The van der Waals surface area contributed by atoms with Crippen LogP contribution < -0.4 is 0 Å². The Hall–Kier alpha value is -1.69. The quantitative estimate of drug-likeness (QED) is 0.780. The van der Waals surface area contributed by atoms with Gasteiger partial charge in [0.1, 0.15) is 5.69 Å². The second-order valence-corrected chi connectivity index (χ2v) is 8.00. The molecule has 0 aromatic carbocycles. The van der Waals surface area contributed by atoms with E-state index >= 15 is 0 Å². The van der Waals surface area contributed by atoms with E-state index < -0.39 is 15.8 Å². The number of carbonyl (C=O) groups is 1. The van der Waals surface area contributed by atoms with Gasteiger partial charge in [-0.05, 0) is 42.7 Å². The van der Waals surface area contributed by atoms with Crippen LogP contribution in [0.5, 0.6) is 0 Å². The average molecular weight is 323 g/mol. The molecule has 0 saturated heterocycles. The fourth-order valence-electron chi connectivity index (χ4n) is 2.17. The highest BCUT2D eigenvalue weighted by atomic mass is 32.2. The summed E-state index contributed by atoms with van der Waals surface area (Å²) in [5, 5.41) is 8.96. The first kappa shape index (κ1) is 16.7. The van der Waals surface area contributed by atoms with Crippen molar-refractivity contribution in [2.24, 2.45) is 5.92 Å². The monoisotopic (exact) mass is 323 g/mol. The molecule has 1 aromatic rings. The first-order chi connectivity index (χ1) is 10.3. The van der Waals surface area contributed by atoms with Crippen LogP contribution in [-0.4, -0.2) is 30.2 Å². The molecule has 1 saturated carbocycles. The van der Waals surface area contributed by atoms with E-state index in [4.69, 9.17) is 5.11 Å². The van der Waals surface area contributed by atoms with E-state index in [1.165, 1.54) is 6.07 Å². The van der Waals surface area contributed by atoms with Crippen LogP contribution in [0.1, 0.15) is 55.1 Å². The molecule has 1 aliphatic carbocycles. The Balaban J connectivity index is 2.29. The Morgan fingerprint density at radius 2 is 2.05 bits per heavy atom. The average Bonchev–Trinajstić information content (AvgIpc) is 3.27. The number of allylic oxidation sites excluding steroid dienone is 1. The number of pyridine rings is 1. The molecule has 0 unspecified atom stereocenters. The van der Waals surface area contributed by atoms with Crippen molar-refractivity contribution in [3.05, 3.63) is 35.5 Å². The molecule has 0 bridgehead atoms. The molecule has 2 rings (SSSR count). The van der Waals surface area contributed by atoms with Gasteiger partial charge < -0.3 is 5.11 Å². The lowest BCUT2D eigenvalue weighted by atomic mass is 10.1. The fourth-order valence-corrected chi connectivity index (χ4v) is 3.55. The number of carboxylic acid groups (broad SMARTS) is 1. The normalized spacial score (nSPS) is 15.6. The van der Waals surface area contributed by atoms with Gasteiger partial charge in [-0.25, -0.2) is 18.2 Å². The third kappa shape index (κ3) is 4.16. The molecule has 6 heteroatoms. The predicted molar refractivity (Wildman–Crippen MR) is 83.8 cm³/mol. The second-order valence-electron chi connectivity index (χ2n) is 6.05. The van der Waals surface area contributed by atoms with Gasteiger partial charge in [0.05, 0.1) is 5.75 Å². The number of aromatic nitrogens is 1. The molecule has 1 aromatic heterocycles. The number of rotatable bonds is 7. The predicted octanol–water partition coefficient (Wildman–Crippen LogP) is 3.03. The van der Waals surface area contributed by atoms with Crippen LogP contribution >= 0.6 is 0 Å². The second kappa shape index (κ2) is 6.60. The summed E-state index contributed by atoms with van der Waals surface area (Å²) in [6, 6.07) is 2.97. The van der Waals surface area contributed by atoms with Gasteiger partial charge in [-0.3, -0.25) is 0 Å². The molecule has 0 spiro atoms. The summed E-state index contributed by atoms with van der Waals surface area (Å²) in [7, 11) is -3.61. The number of hydrogen-bond acceptors (Lipinski definition) is 4. The highest BCUT2D eigenvalue weighted by Crippen LogP contribution is 2.42. The summed E-state index contributed by atoms with van der Waals surface area (Å²) in [6.07, 6.45) is 6.15. The first-order valence-corrected chi connectivity index (χ1v) is 9.08. The standard InChI is InChI=1S/C16H21NO4S/c1-11(2)5-3-4-10-22(20,21)15-13(12-6-7-12)8-9-14(17-15)16(18)19/h3-4,8-9,11-12H,5-7,10H2,1-2H3,(H,18,19). The van der Waals surface area contributed by atoms with Gasteiger partial charge in [0.2, 0.25) is 0 Å². The maximum Gasteiger partial charge on any atom is 0.354 e. The lowest BCUT2D eigenvalue weighted by molar-refractivity contribution is 0.0689. The minimum Gasteiger partial charge on any atom is -0.477 e. The topological polar surface area (TPSA) is 84.3 Å². The molecule has 1 fully saturated rings. The summed E-state index contributed by atoms with van der Waals surface area (Å²) < 4.78 is 25.0. The van der Waals surface area contributed by atoms with Crippen LogP contribution in [0.3, 0.4) is 0 Å². The minimum absolute atomic E-state index is 0.0657. The molecule has 0 amide bonds. The van der Waals surface area contributed by atoms with Crippen LogP contribution in [0.15, 0.2) is 29.3 Å². The molecular formula is C16H21NO4S. The summed E-state index contributed by atoms with van der Waals surface area (Å²) in [5.74, 6) is -0.696. The van der Waals surface area contributed by atoms with Crippen molar-refractivity contribution in [1.82, 2.24) is 4.98 Å². The van der Waals surface area contributed by atoms with Crippen molar-refractivity contribution in [2.45, 2.75) is 44.1 Å². The van der Waals surface area contributed by atoms with E-state index in [2.05, 4.69) is 18.8 Å². The van der Waals surface area contributed by atoms with Gasteiger partial charge in [0.25, 0.3) is 0 Å². The number of hydrogen-bond donors (Lipinski definition) is 1. The smallest absolute Gasteiger partial charge is 0.354 e. The number of aromatic carboxylic acids is 1. The van der Waals surface area contributed by atoms with E-state index in [1.807, 2.05) is 6.08 Å². The molecule has 0 radical (unpaired) electrons. The van der Waals surface area contributed by atoms with Crippen LogP contribution in [0, 0.1) is 5.92 Å². The molecular weight excluding hydrogens is 302 g/mol. The maximum atomic E-state index is 12.5. The molecule has 0 aliphatic heterocycles. The third-order valence-corrected chi connectivity index (χ3v) is 5.06. The largest absolute Gasteiger partial charge is 0.477 e. The molecule has 1 aliphatic rings. The Bertz CT molecular complexity index is 688. The molecule has 5 nitrogen and oxygen atoms in total. The van der Waals surface area contributed by atoms with Crippen molar-refractivity contribution in [3.63, 3.8) is 0 Å². The van der Waals surface area contributed by atoms with Gasteiger partial charge in [0, 0.05) is 0 Å². The lowest BCUT2D eigenvalue weighted by Gasteiger charge is -2.08. The van der Waals surface area contributed by atoms with E-state index in [1.54, 1.807) is 12.1 Å². The van der Waals surface area contributed by atoms with Gasteiger partial charge in [-0.15, -0.1) is 0 Å². The minimum atomic E-state index is -3.61. The summed E-state index contributed by atoms with van der Waals surface area (Å²) in [4.78, 5) is 14.9. The van der Waals surface area contributed by atoms with Gasteiger partial charge in [0.15, 0.2) is 14.9 Å². The van der Waals surface area contributed by atoms with E-state index in [9.17, 15) is 13.2 Å². The van der Waals surface area contributed by atoms with Gasteiger partial charge in [-0.2, -0.15) is 0 Å². The fraction of sp³-hybridized carbons (Fsp3) is 0.500. The van der Waals surface area contributed by atoms with Gasteiger partial charge in [-0.1, -0.05) is 32.1 Å². The molecule has 22 heavy (non-hydrogen) atoms.